The molecule has 0 aliphatic carbocycles. The summed E-state index contributed by atoms with van der Waals surface area (Å²) in [7, 11) is -4.40. The summed E-state index contributed by atoms with van der Waals surface area (Å²) in [6.45, 7) is 11.1. The van der Waals surface area contributed by atoms with Gasteiger partial charge in [0.1, 0.15) is 30.5 Å². The zero-order valence-electron chi connectivity index (χ0n) is 18.6. The summed E-state index contributed by atoms with van der Waals surface area (Å²) in [5.41, 5.74) is -1.33. The van der Waals surface area contributed by atoms with Gasteiger partial charge in [-0.15, -0.1) is 0 Å². The molecule has 0 bridgehead atoms. The fourth-order valence-electron chi connectivity index (χ4n) is 1.97. The molecular weight excluding hydrogens is 399 g/mol. The minimum Gasteiger partial charge on any atom is -1.00 e. The molecule has 0 rings (SSSR count). The number of carbonyl (C=O) groups excluding carboxylic acids is 3. The van der Waals surface area contributed by atoms with Crippen molar-refractivity contribution in [3.8, 4) is 0 Å². The molecule has 0 aromatic carbocycles. The number of hydrogen-bond donors (Lipinski definition) is 1. The molecule has 11 heteroatoms. The first-order valence-corrected chi connectivity index (χ1v) is 10.1. The second-order valence-corrected chi connectivity index (χ2v) is 8.50. The summed E-state index contributed by atoms with van der Waals surface area (Å²) >= 11 is 0. The molecule has 0 aromatic heterocycles. The van der Waals surface area contributed by atoms with Gasteiger partial charge in [0.25, 0.3) is 10.1 Å². The topological polar surface area (TPSA) is 133 Å². The van der Waals surface area contributed by atoms with Crippen LogP contribution in [0.4, 0.5) is 0 Å². The van der Waals surface area contributed by atoms with Crippen LogP contribution in [-0.2, 0) is 38.7 Å². The molecule has 0 saturated carbocycles. The second-order valence-electron chi connectivity index (χ2n) is 6.67. The molecule has 29 heavy (non-hydrogen) atoms. The Morgan fingerprint density at radius 1 is 1.03 bits per heavy atom. The molecule has 162 valence electrons. The van der Waals surface area contributed by atoms with Crippen molar-refractivity contribution in [2.24, 2.45) is 5.41 Å². The second kappa shape index (κ2) is 12.9. The molecule has 0 fully saturated rings. The molecule has 0 spiro atoms. The molecule has 0 aromatic rings. The first-order valence-electron chi connectivity index (χ1n) is 8.55. The first kappa shape index (κ1) is 29.6. The monoisotopic (exact) mass is 428 g/mol. The molecule has 1 atom stereocenters. The molecule has 0 aliphatic heterocycles. The smallest absolute Gasteiger partial charge is 1.00 e. The maximum Gasteiger partial charge on any atom is 1.00 e. The fraction of sp³-hybridized carbons (Fsp3) is 0.611. The van der Waals surface area contributed by atoms with Gasteiger partial charge >= 0.3 is 36.8 Å². The van der Waals surface area contributed by atoms with Gasteiger partial charge in [0.05, 0.1) is 0 Å². The molecule has 0 heterocycles. The van der Waals surface area contributed by atoms with Crippen LogP contribution in [0.1, 0.15) is 42.0 Å². The Hall–Kier alpha value is -1.60. The van der Waals surface area contributed by atoms with Gasteiger partial charge in [0.2, 0.25) is 0 Å². The summed E-state index contributed by atoms with van der Waals surface area (Å²) in [4.78, 5) is 36.2. The largest absolute Gasteiger partial charge is 1.00 e. The van der Waals surface area contributed by atoms with E-state index in [0.717, 1.165) is 6.92 Å². The van der Waals surface area contributed by atoms with Crippen molar-refractivity contribution in [1.29, 1.82) is 0 Å². The van der Waals surface area contributed by atoms with E-state index in [-0.39, 0.29) is 37.9 Å². The predicted molar refractivity (Wildman–Crippen MR) is 102 cm³/mol. The zero-order chi connectivity index (χ0) is 22.1. The van der Waals surface area contributed by atoms with Crippen LogP contribution < -0.4 is 18.9 Å². The molecule has 0 saturated heterocycles. The van der Waals surface area contributed by atoms with Crippen molar-refractivity contribution in [3.63, 3.8) is 0 Å². The molecule has 0 aliphatic rings. The maximum atomic E-state index is 12.7. The van der Waals surface area contributed by atoms with Crippen molar-refractivity contribution >= 4 is 28.0 Å². The van der Waals surface area contributed by atoms with Crippen LogP contribution in [0.2, 0.25) is 0 Å². The van der Waals surface area contributed by atoms with Gasteiger partial charge in [-0.05, 0) is 27.2 Å². The van der Waals surface area contributed by atoms with Crippen LogP contribution in [0.3, 0.4) is 0 Å². The summed E-state index contributed by atoms with van der Waals surface area (Å²) in [5.74, 6) is -2.41. The number of hydrogen-bond acceptors (Lipinski definition) is 8. The van der Waals surface area contributed by atoms with E-state index in [0.29, 0.717) is 6.42 Å². The third kappa shape index (κ3) is 10.1. The van der Waals surface area contributed by atoms with E-state index < -0.39 is 58.5 Å². The average molecular weight is 428 g/mol. The van der Waals surface area contributed by atoms with Gasteiger partial charge in [0, 0.05) is 11.1 Å². The fourth-order valence-corrected chi connectivity index (χ4v) is 2.21. The molecule has 1 N–H and O–H groups in total. The van der Waals surface area contributed by atoms with Crippen molar-refractivity contribution in [1.82, 2.24) is 0 Å². The van der Waals surface area contributed by atoms with Gasteiger partial charge in [-0.1, -0.05) is 26.5 Å². The van der Waals surface area contributed by atoms with E-state index in [2.05, 4.69) is 13.2 Å². The first-order chi connectivity index (χ1) is 12.8. The van der Waals surface area contributed by atoms with Crippen LogP contribution in [-0.4, -0.2) is 55.9 Å². The maximum absolute atomic E-state index is 12.7. The summed E-state index contributed by atoms with van der Waals surface area (Å²) < 4.78 is 46.4. The van der Waals surface area contributed by atoms with Crippen molar-refractivity contribution in [2.45, 2.75) is 45.8 Å². The third-order valence-electron chi connectivity index (χ3n) is 3.78. The van der Waals surface area contributed by atoms with E-state index in [1.165, 1.54) is 13.8 Å². The van der Waals surface area contributed by atoms with Crippen molar-refractivity contribution in [3.05, 3.63) is 24.3 Å². The summed E-state index contributed by atoms with van der Waals surface area (Å²) in [5, 5.41) is -1.35. The van der Waals surface area contributed by atoms with E-state index in [1.54, 1.807) is 6.92 Å². The normalized spacial score (nSPS) is 12.2. The van der Waals surface area contributed by atoms with Crippen LogP contribution in [0, 0.1) is 5.41 Å². The predicted octanol–water partition coefficient (Wildman–Crippen LogP) is -1.05. The molecule has 0 amide bonds. The molecular formula is C18H29LiO9S. The zero-order valence-corrected chi connectivity index (χ0v) is 18.5. The van der Waals surface area contributed by atoms with Gasteiger partial charge in [-0.3, -0.25) is 9.35 Å². The number of rotatable bonds is 12. The quantitative estimate of drug-likeness (QED) is 0.136. The standard InChI is InChI=1S/C18H28O9S.Li.H/c1-7-8-18(10-26-15(19)12(2)3,11-27-16(20)13(4)5)17(21)25-9-14(6)28(22,23)24;;/h14H,2,4,7-11H2,1,3,5-6H3,(H,22,23,24);;/q;+1;-1. The van der Waals surface area contributed by atoms with E-state index in [1.807, 2.05) is 0 Å². The minimum absolute atomic E-state index is 0. The summed E-state index contributed by atoms with van der Waals surface area (Å²) in [6.07, 6.45) is 0.567. The van der Waals surface area contributed by atoms with Crippen LogP contribution in [0.5, 0.6) is 0 Å². The van der Waals surface area contributed by atoms with Gasteiger partial charge in [0.15, 0.2) is 0 Å². The molecule has 1 unspecified atom stereocenters. The Labute approximate surface area is 185 Å². The Balaban J connectivity index is -0.00000364. The molecule has 9 nitrogen and oxygen atoms in total. The minimum atomic E-state index is -4.40. The van der Waals surface area contributed by atoms with Gasteiger partial charge < -0.3 is 15.6 Å². The van der Waals surface area contributed by atoms with E-state index in [4.69, 9.17) is 18.8 Å². The Kier molecular flexibility index (Phi) is 13.1. The summed E-state index contributed by atoms with van der Waals surface area (Å²) in [6, 6.07) is 0. The van der Waals surface area contributed by atoms with Crippen LogP contribution in [0.15, 0.2) is 24.3 Å². The Morgan fingerprint density at radius 3 is 1.76 bits per heavy atom. The van der Waals surface area contributed by atoms with Gasteiger partial charge in [-0.2, -0.15) is 8.42 Å². The molecule has 0 radical (unpaired) electrons. The Morgan fingerprint density at radius 2 is 1.45 bits per heavy atom. The average Bonchev–Trinajstić information content (AvgIpc) is 2.59. The van der Waals surface area contributed by atoms with Gasteiger partial charge in [-0.25, -0.2) is 9.59 Å². The van der Waals surface area contributed by atoms with E-state index >= 15 is 0 Å². The SMILES string of the molecule is C=C(C)C(=O)OCC(CCC)(COC(=O)C(=C)C)C(=O)OCC(C)S(=O)(=O)O.[H-].[Li+]. The Bertz CT molecular complexity index is 704. The van der Waals surface area contributed by atoms with E-state index in [9.17, 15) is 22.8 Å². The third-order valence-corrected chi connectivity index (χ3v) is 4.93. The van der Waals surface area contributed by atoms with Crippen molar-refractivity contribution < 1.29 is 61.9 Å². The number of ether oxygens (including phenoxy) is 3. The van der Waals surface area contributed by atoms with Crippen molar-refractivity contribution in [2.75, 3.05) is 19.8 Å². The number of carbonyl (C=O) groups is 3. The van der Waals surface area contributed by atoms with Crippen LogP contribution in [0.25, 0.3) is 0 Å². The number of esters is 3. The van der Waals surface area contributed by atoms with Crippen LogP contribution >= 0.6 is 0 Å².